The van der Waals surface area contributed by atoms with Gasteiger partial charge in [0.2, 0.25) is 11.9 Å². The van der Waals surface area contributed by atoms with Gasteiger partial charge in [0, 0.05) is 44.0 Å². The maximum absolute atomic E-state index is 13.1. The summed E-state index contributed by atoms with van der Waals surface area (Å²) in [5.41, 5.74) is 1.01. The monoisotopic (exact) mass is 433 g/mol. The number of amides is 1. The summed E-state index contributed by atoms with van der Waals surface area (Å²) in [6, 6.07) is 9.22. The van der Waals surface area contributed by atoms with Gasteiger partial charge in [-0.3, -0.25) is 14.0 Å². The molecule has 0 spiro atoms. The Bertz CT molecular complexity index is 1350. The van der Waals surface area contributed by atoms with E-state index in [9.17, 15) is 9.59 Å². The number of aryl methyl sites for hydroxylation is 1. The number of methoxy groups -OCH3 is 1. The van der Waals surface area contributed by atoms with Crippen molar-refractivity contribution in [1.82, 2.24) is 29.0 Å². The average molecular weight is 433 g/mol. The first-order valence-corrected chi connectivity index (χ1v) is 10.4. The van der Waals surface area contributed by atoms with Crippen molar-refractivity contribution in [3.05, 3.63) is 58.9 Å². The van der Waals surface area contributed by atoms with Crippen LogP contribution in [0.25, 0.3) is 16.4 Å². The van der Waals surface area contributed by atoms with Crippen molar-refractivity contribution >= 4 is 28.3 Å². The minimum absolute atomic E-state index is 0.101. The Labute approximate surface area is 183 Å². The van der Waals surface area contributed by atoms with Crippen LogP contribution in [-0.4, -0.2) is 68.2 Å². The van der Waals surface area contributed by atoms with E-state index in [1.54, 1.807) is 40.9 Å². The first-order valence-electron chi connectivity index (χ1n) is 10.4. The van der Waals surface area contributed by atoms with E-state index < -0.39 is 0 Å². The molecule has 0 unspecified atom stereocenters. The topological polar surface area (TPSA) is 97.9 Å². The summed E-state index contributed by atoms with van der Waals surface area (Å²) < 4.78 is 8.50. The molecule has 3 aromatic heterocycles. The number of hydrogen-bond donors (Lipinski definition) is 0. The van der Waals surface area contributed by atoms with Gasteiger partial charge in [-0.05, 0) is 31.2 Å². The number of hydrogen-bond acceptors (Lipinski definition) is 7. The molecule has 164 valence electrons. The lowest BCUT2D eigenvalue weighted by Crippen LogP contribution is -2.50. The van der Waals surface area contributed by atoms with Gasteiger partial charge in [-0.1, -0.05) is 6.07 Å². The second-order valence-electron chi connectivity index (χ2n) is 7.68. The molecular weight excluding hydrogens is 410 g/mol. The van der Waals surface area contributed by atoms with Crippen LogP contribution in [0.2, 0.25) is 0 Å². The van der Waals surface area contributed by atoms with Crippen LogP contribution < -0.4 is 15.2 Å². The molecule has 32 heavy (non-hydrogen) atoms. The molecule has 4 heterocycles. The van der Waals surface area contributed by atoms with Gasteiger partial charge in [0.1, 0.15) is 23.6 Å². The van der Waals surface area contributed by atoms with Gasteiger partial charge in [-0.15, -0.1) is 0 Å². The molecular formula is C22H23N7O3. The van der Waals surface area contributed by atoms with E-state index >= 15 is 0 Å². The third-order valence-corrected chi connectivity index (χ3v) is 5.82. The summed E-state index contributed by atoms with van der Waals surface area (Å²) in [6.45, 7) is 4.08. The molecule has 1 aliphatic heterocycles. The van der Waals surface area contributed by atoms with E-state index in [4.69, 9.17) is 4.74 Å². The quantitative estimate of drug-likeness (QED) is 0.475. The van der Waals surface area contributed by atoms with E-state index in [1.807, 2.05) is 30.0 Å². The van der Waals surface area contributed by atoms with Crippen molar-refractivity contribution in [2.45, 2.75) is 13.5 Å². The maximum atomic E-state index is 13.1. The van der Waals surface area contributed by atoms with Crippen LogP contribution in [0.5, 0.6) is 5.75 Å². The summed E-state index contributed by atoms with van der Waals surface area (Å²) in [6.07, 6.45) is 3.41. The fraction of sp³-hybridized carbons (Fsp3) is 0.318. The SMILES string of the molecule is COc1cccc2c1cc1c(=O)n(CC(=O)N3CCN(c4ncccn4)CC3)nc(C)n12. The number of fused-ring (bicyclic) bond motifs is 3. The zero-order valence-corrected chi connectivity index (χ0v) is 17.9. The zero-order valence-electron chi connectivity index (χ0n) is 17.9. The molecule has 1 saturated heterocycles. The third-order valence-electron chi connectivity index (χ3n) is 5.82. The van der Waals surface area contributed by atoms with Crippen LogP contribution in [0.4, 0.5) is 5.95 Å². The second kappa shape index (κ2) is 7.95. The molecule has 0 atom stereocenters. The van der Waals surface area contributed by atoms with Crippen LogP contribution in [0, 0.1) is 6.92 Å². The molecule has 0 aliphatic carbocycles. The summed E-state index contributed by atoms with van der Waals surface area (Å²) in [7, 11) is 1.60. The van der Waals surface area contributed by atoms with Crippen LogP contribution >= 0.6 is 0 Å². The number of carbonyl (C=O) groups is 1. The van der Waals surface area contributed by atoms with Crippen molar-refractivity contribution in [1.29, 1.82) is 0 Å². The highest BCUT2D eigenvalue weighted by molar-refractivity contribution is 5.92. The lowest BCUT2D eigenvalue weighted by atomic mass is 10.2. The Morgan fingerprint density at radius 2 is 1.81 bits per heavy atom. The Kier molecular flexibility index (Phi) is 4.96. The van der Waals surface area contributed by atoms with Crippen LogP contribution in [0.1, 0.15) is 5.82 Å². The predicted octanol–water partition coefficient (Wildman–Crippen LogP) is 1.11. The summed E-state index contributed by atoms with van der Waals surface area (Å²) in [4.78, 5) is 38.4. The summed E-state index contributed by atoms with van der Waals surface area (Å²) in [5.74, 6) is 1.84. The van der Waals surface area contributed by atoms with Gasteiger partial charge in [0.15, 0.2) is 0 Å². The third kappa shape index (κ3) is 3.33. The normalized spacial score (nSPS) is 14.3. The lowest BCUT2D eigenvalue weighted by Gasteiger charge is -2.34. The highest BCUT2D eigenvalue weighted by Gasteiger charge is 2.24. The van der Waals surface area contributed by atoms with Crippen molar-refractivity contribution in [3.63, 3.8) is 0 Å². The van der Waals surface area contributed by atoms with Gasteiger partial charge >= 0.3 is 0 Å². The molecule has 1 fully saturated rings. The minimum atomic E-state index is -0.307. The van der Waals surface area contributed by atoms with E-state index in [2.05, 4.69) is 15.1 Å². The largest absolute Gasteiger partial charge is 0.496 e. The van der Waals surface area contributed by atoms with Crippen molar-refractivity contribution in [3.8, 4) is 5.75 Å². The molecule has 0 saturated carbocycles. The van der Waals surface area contributed by atoms with Crippen LogP contribution in [-0.2, 0) is 11.3 Å². The van der Waals surface area contributed by atoms with Gasteiger partial charge < -0.3 is 14.5 Å². The van der Waals surface area contributed by atoms with E-state index in [0.717, 1.165) is 10.9 Å². The molecule has 10 heteroatoms. The molecule has 1 aliphatic rings. The molecule has 1 aromatic carbocycles. The number of piperazine rings is 1. The number of rotatable bonds is 4. The van der Waals surface area contributed by atoms with Crippen molar-refractivity contribution < 1.29 is 9.53 Å². The molecule has 0 radical (unpaired) electrons. The number of nitrogens with zero attached hydrogens (tertiary/aromatic N) is 7. The Hall–Kier alpha value is -3.95. The second-order valence-corrected chi connectivity index (χ2v) is 7.68. The van der Waals surface area contributed by atoms with Crippen molar-refractivity contribution in [2.24, 2.45) is 0 Å². The molecule has 10 nitrogen and oxygen atoms in total. The first-order chi connectivity index (χ1) is 15.6. The lowest BCUT2D eigenvalue weighted by molar-refractivity contribution is -0.132. The first kappa shape index (κ1) is 20.0. The van der Waals surface area contributed by atoms with Crippen LogP contribution in [0.3, 0.4) is 0 Å². The van der Waals surface area contributed by atoms with E-state index in [-0.39, 0.29) is 18.0 Å². The van der Waals surface area contributed by atoms with Crippen LogP contribution in [0.15, 0.2) is 47.5 Å². The average Bonchev–Trinajstić information content (AvgIpc) is 3.23. The van der Waals surface area contributed by atoms with Crippen molar-refractivity contribution in [2.75, 3.05) is 38.2 Å². The fourth-order valence-electron chi connectivity index (χ4n) is 4.23. The summed E-state index contributed by atoms with van der Waals surface area (Å²) in [5, 5.41) is 5.26. The number of aromatic nitrogens is 5. The Morgan fingerprint density at radius 1 is 1.06 bits per heavy atom. The highest BCUT2D eigenvalue weighted by Crippen LogP contribution is 2.28. The van der Waals surface area contributed by atoms with Gasteiger partial charge in [0.25, 0.3) is 5.56 Å². The maximum Gasteiger partial charge on any atom is 0.291 e. The number of anilines is 1. The Balaban J connectivity index is 1.39. The van der Waals surface area contributed by atoms with E-state index in [1.165, 1.54) is 4.68 Å². The zero-order chi connectivity index (χ0) is 22.2. The molecule has 0 N–H and O–H groups in total. The minimum Gasteiger partial charge on any atom is -0.496 e. The van der Waals surface area contributed by atoms with Gasteiger partial charge in [0.05, 0.1) is 12.6 Å². The molecule has 5 rings (SSSR count). The predicted molar refractivity (Wildman–Crippen MR) is 119 cm³/mol. The number of carbonyl (C=O) groups excluding carboxylic acids is 1. The van der Waals surface area contributed by atoms with Gasteiger partial charge in [-0.2, -0.15) is 5.10 Å². The Morgan fingerprint density at radius 3 is 2.53 bits per heavy atom. The summed E-state index contributed by atoms with van der Waals surface area (Å²) >= 11 is 0. The fourth-order valence-corrected chi connectivity index (χ4v) is 4.23. The number of benzene rings is 1. The smallest absolute Gasteiger partial charge is 0.291 e. The highest BCUT2D eigenvalue weighted by atomic mass is 16.5. The molecule has 1 amide bonds. The van der Waals surface area contributed by atoms with Gasteiger partial charge in [-0.25, -0.2) is 14.6 Å². The molecule has 4 aromatic rings. The standard InChI is InChI=1S/C22H23N7O3/c1-15-25-28(21(31)18-13-16-17(29(15)18)5-3-6-19(16)32-2)14-20(30)26-9-11-27(12-10-26)22-23-7-4-8-24-22/h3-8,13H,9-12,14H2,1-2H3. The number of ether oxygens (including phenoxy) is 1. The molecule has 0 bridgehead atoms. The van der Waals surface area contributed by atoms with E-state index in [0.29, 0.717) is 49.2 Å².